The summed E-state index contributed by atoms with van der Waals surface area (Å²) in [6.45, 7) is 0. The minimum absolute atomic E-state index is 0. The predicted molar refractivity (Wildman–Crippen MR) is 123 cm³/mol. The fraction of sp³-hybridized carbons (Fsp3) is 0.348. The molecule has 0 aliphatic heterocycles. The molecule has 9 nitrogen and oxygen atoms in total. The summed E-state index contributed by atoms with van der Waals surface area (Å²) in [6.07, 6.45) is 7.88. The predicted octanol–water partition coefficient (Wildman–Crippen LogP) is 1.60. The van der Waals surface area contributed by atoms with Crippen molar-refractivity contribution in [2.75, 3.05) is 12.4 Å². The van der Waals surface area contributed by atoms with Gasteiger partial charge in [0.05, 0.1) is 13.2 Å². The number of anilines is 1. The number of hydrogen-bond acceptors (Lipinski definition) is 6. The molecule has 178 valence electrons. The van der Waals surface area contributed by atoms with E-state index in [1.165, 1.54) is 25.4 Å². The Morgan fingerprint density at radius 3 is 2.69 bits per heavy atom. The minimum Gasteiger partial charge on any atom is -0.481 e. The maximum atomic E-state index is 14.8. The number of aromatic nitrogens is 3. The van der Waals surface area contributed by atoms with E-state index in [4.69, 9.17) is 4.74 Å². The molecule has 0 saturated heterocycles. The van der Waals surface area contributed by atoms with Crippen LogP contribution in [-0.2, 0) is 22.9 Å². The van der Waals surface area contributed by atoms with Gasteiger partial charge >= 0.3 is 29.6 Å². The van der Waals surface area contributed by atoms with E-state index in [0.29, 0.717) is 46.7 Å². The van der Waals surface area contributed by atoms with Gasteiger partial charge in [0.25, 0.3) is 0 Å². The molecule has 2 heterocycles. The summed E-state index contributed by atoms with van der Waals surface area (Å²) in [5, 5.41) is 6.43. The Kier molecular flexibility index (Phi) is 7.51. The van der Waals surface area contributed by atoms with Crippen LogP contribution in [0.2, 0.25) is 0 Å². The van der Waals surface area contributed by atoms with E-state index in [-0.39, 0.29) is 46.4 Å². The number of ether oxygens (including phenoxy) is 1. The average molecular weight is 508 g/mol. The summed E-state index contributed by atoms with van der Waals surface area (Å²) in [5.74, 6) is -0.0487. The summed E-state index contributed by atoms with van der Waals surface area (Å²) in [6, 6.07) is 5.07. The fourth-order valence-electron chi connectivity index (χ4n) is 4.39. The number of hydrogen-bond donors (Lipinski definition) is 1. The number of carbonyl (C=O) groups is 1. The number of benzene rings is 1. The first-order valence-corrected chi connectivity index (χ1v) is 12.5. The number of sulfonamides is 1. The van der Waals surface area contributed by atoms with Crippen LogP contribution in [0.1, 0.15) is 42.9 Å². The van der Waals surface area contributed by atoms with E-state index < -0.39 is 16.1 Å². The van der Waals surface area contributed by atoms with Gasteiger partial charge in [-0.1, -0.05) is 0 Å². The number of rotatable bonds is 6. The monoisotopic (exact) mass is 507 g/mol. The van der Waals surface area contributed by atoms with Crippen LogP contribution < -0.4 is 39.6 Å². The van der Waals surface area contributed by atoms with Gasteiger partial charge in [0.2, 0.25) is 15.9 Å². The molecule has 0 radical (unpaired) electrons. The van der Waals surface area contributed by atoms with Crippen molar-refractivity contribution in [2.24, 2.45) is 0 Å². The second kappa shape index (κ2) is 10.3. The quantitative estimate of drug-likeness (QED) is 0.507. The third kappa shape index (κ3) is 5.09. The van der Waals surface area contributed by atoms with Gasteiger partial charge in [-0.15, -0.1) is 0 Å². The zero-order valence-corrected chi connectivity index (χ0v) is 22.3. The summed E-state index contributed by atoms with van der Waals surface area (Å²) in [5.41, 5.74) is 2.46. The zero-order valence-electron chi connectivity index (χ0n) is 19.5. The van der Waals surface area contributed by atoms with E-state index in [1.54, 1.807) is 23.0 Å². The van der Waals surface area contributed by atoms with Gasteiger partial charge < -0.3 is 14.8 Å². The molecule has 0 unspecified atom stereocenters. The van der Waals surface area contributed by atoms with Crippen LogP contribution in [0, 0.1) is 5.82 Å². The van der Waals surface area contributed by atoms with E-state index in [0.717, 1.165) is 25.7 Å². The van der Waals surface area contributed by atoms with Crippen molar-refractivity contribution in [3.8, 4) is 17.0 Å². The molecule has 0 bridgehead atoms. The maximum Gasteiger partial charge on any atom is 1.00 e. The maximum absolute atomic E-state index is 14.8. The number of amides is 2. The first-order chi connectivity index (χ1) is 16.4. The van der Waals surface area contributed by atoms with Crippen molar-refractivity contribution >= 4 is 21.7 Å². The van der Waals surface area contributed by atoms with Gasteiger partial charge in [0, 0.05) is 18.5 Å². The minimum atomic E-state index is -4.31. The van der Waals surface area contributed by atoms with Gasteiger partial charge in [-0.3, -0.25) is 9.48 Å². The first-order valence-electron chi connectivity index (χ1n) is 11.0. The number of nitrogens with zero attached hydrogens (tertiary/aromatic N) is 4. The number of carbonyl (C=O) groups excluding carboxylic acids is 1. The van der Waals surface area contributed by atoms with Crippen LogP contribution in [0.3, 0.4) is 0 Å². The number of urea groups is 1. The van der Waals surface area contributed by atoms with E-state index in [2.05, 4.69) is 20.1 Å². The van der Waals surface area contributed by atoms with E-state index >= 15 is 0 Å². The van der Waals surface area contributed by atoms with Crippen LogP contribution in [0.5, 0.6) is 5.88 Å². The summed E-state index contributed by atoms with van der Waals surface area (Å²) < 4.78 is 50.5. The molecule has 1 fully saturated rings. The Bertz CT molecular complexity index is 1370. The molecule has 3 aromatic rings. The van der Waals surface area contributed by atoms with Gasteiger partial charge in [0.1, 0.15) is 5.82 Å². The second-order valence-electron chi connectivity index (χ2n) is 8.39. The van der Waals surface area contributed by atoms with Crippen molar-refractivity contribution in [1.82, 2.24) is 14.8 Å². The van der Waals surface area contributed by atoms with Crippen molar-refractivity contribution in [2.45, 2.75) is 49.6 Å². The Labute approximate surface area is 224 Å². The average Bonchev–Trinajstić information content (AvgIpc) is 3.45. The van der Waals surface area contributed by atoms with Crippen LogP contribution in [0.4, 0.5) is 14.9 Å². The molecule has 35 heavy (non-hydrogen) atoms. The molecule has 2 aromatic heterocycles. The molecular formula is C23H23FN5NaO4S. The number of pyridine rings is 1. The number of nitrogens with one attached hydrogen (secondary N) is 1. The van der Waals surface area contributed by atoms with Crippen LogP contribution in [0.15, 0.2) is 41.7 Å². The summed E-state index contributed by atoms with van der Waals surface area (Å²) in [4.78, 5) is 16.8. The first kappa shape index (κ1) is 25.6. The molecule has 0 spiro atoms. The van der Waals surface area contributed by atoms with Crippen molar-refractivity contribution < 1.29 is 51.9 Å². The fourth-order valence-corrected chi connectivity index (χ4v) is 5.18. The van der Waals surface area contributed by atoms with Gasteiger partial charge in [-0.2, -0.15) is 5.10 Å². The van der Waals surface area contributed by atoms with Crippen LogP contribution in [0.25, 0.3) is 15.8 Å². The van der Waals surface area contributed by atoms with Crippen LogP contribution in [-0.4, -0.2) is 36.3 Å². The standard InChI is InChI=1S/C23H24FN5O4S.Na/c1-33-20-12-14(8-10-25-20)18-13-19(24)16-6-3-7-17(16)22(18)26-23(30)28-34(31,32)21-9-11-29(27-21)15-4-2-5-15;/h8-13,15H,2-7H2,1H3,(H2,25,26,28,30);/q;+1/p-1. The smallest absolute Gasteiger partial charge is 0.481 e. The molecule has 5 rings (SSSR count). The second-order valence-corrected chi connectivity index (χ2v) is 9.94. The van der Waals surface area contributed by atoms with Crippen molar-refractivity contribution in [1.29, 1.82) is 0 Å². The largest absolute Gasteiger partial charge is 1.00 e. The Balaban J connectivity index is 0.00000289. The summed E-state index contributed by atoms with van der Waals surface area (Å²) in [7, 11) is -2.84. The van der Waals surface area contributed by atoms with Gasteiger partial charge in [-0.05, 0) is 84.7 Å². The Morgan fingerprint density at radius 1 is 1.20 bits per heavy atom. The molecule has 1 N–H and O–H groups in total. The van der Waals surface area contributed by atoms with Gasteiger partial charge in [0.15, 0.2) is 11.1 Å². The normalized spacial score (nSPS) is 15.0. The molecule has 1 saturated carbocycles. The molecule has 12 heteroatoms. The molecule has 0 atom stereocenters. The third-order valence-electron chi connectivity index (χ3n) is 6.34. The number of fused-ring (bicyclic) bond motifs is 1. The van der Waals surface area contributed by atoms with Gasteiger partial charge in [-0.25, -0.2) is 17.8 Å². The molecule has 2 aliphatic rings. The van der Waals surface area contributed by atoms with Crippen LogP contribution >= 0.6 is 0 Å². The molecule has 2 amide bonds. The van der Waals surface area contributed by atoms with Crippen molar-refractivity contribution in [3.63, 3.8) is 0 Å². The van der Waals surface area contributed by atoms with Crippen molar-refractivity contribution in [3.05, 3.63) is 58.3 Å². The zero-order chi connectivity index (χ0) is 23.9. The number of halogens is 1. The van der Waals surface area contributed by atoms with E-state index in [9.17, 15) is 17.6 Å². The van der Waals surface area contributed by atoms with E-state index in [1.807, 2.05) is 0 Å². The Hall–Kier alpha value is -2.47. The molecule has 2 aliphatic carbocycles. The topological polar surface area (TPSA) is 117 Å². The summed E-state index contributed by atoms with van der Waals surface area (Å²) >= 11 is 0. The SMILES string of the molecule is COc1cc(-c2cc(F)c3c(c2NC(=O)[N-]S(=O)(=O)c2ccn(C4CCC4)n2)CCC3)ccn1.[Na+]. The molecular weight excluding hydrogens is 484 g/mol. The Morgan fingerprint density at radius 2 is 1.97 bits per heavy atom. The molecule has 1 aromatic carbocycles. The third-order valence-corrected chi connectivity index (χ3v) is 7.49. The number of methoxy groups -OCH3 is 1.